The van der Waals surface area contributed by atoms with E-state index in [0.717, 1.165) is 62.1 Å². The molecule has 30 heavy (non-hydrogen) atoms. The predicted octanol–water partition coefficient (Wildman–Crippen LogP) is 5.25. The average Bonchev–Trinajstić information content (AvgIpc) is 3.20. The summed E-state index contributed by atoms with van der Waals surface area (Å²) in [7, 11) is 0. The van der Waals surface area contributed by atoms with Crippen LogP contribution in [0.1, 0.15) is 55.1 Å². The zero-order valence-corrected chi connectivity index (χ0v) is 18.3. The molecule has 1 aliphatic heterocycles. The predicted molar refractivity (Wildman–Crippen MR) is 121 cm³/mol. The van der Waals surface area contributed by atoms with Gasteiger partial charge in [-0.25, -0.2) is 4.79 Å². The topological polar surface area (TPSA) is 78.4 Å². The fraction of sp³-hybridized carbons (Fsp3) is 0.500. The molecule has 1 aromatic carbocycles. The molecule has 5 nitrogen and oxygen atoms in total. The summed E-state index contributed by atoms with van der Waals surface area (Å²) in [4.78, 5) is 26.7. The van der Waals surface area contributed by atoms with E-state index >= 15 is 0 Å². The number of piperidine rings is 1. The Morgan fingerprint density at radius 3 is 2.40 bits per heavy atom. The molecule has 4 rings (SSSR count). The van der Waals surface area contributed by atoms with Gasteiger partial charge in [0.25, 0.3) is 0 Å². The van der Waals surface area contributed by atoms with Crippen molar-refractivity contribution in [2.24, 2.45) is 17.3 Å². The maximum Gasteiger partial charge on any atom is 0.348 e. The number of rotatable bonds is 5. The number of hydrogen-bond acceptors (Lipinski definition) is 4. The van der Waals surface area contributed by atoms with Crippen molar-refractivity contribution in [2.45, 2.75) is 45.4 Å². The Labute approximate surface area is 181 Å². The van der Waals surface area contributed by atoms with Gasteiger partial charge in [-0.1, -0.05) is 37.3 Å². The van der Waals surface area contributed by atoms with Crippen molar-refractivity contribution in [3.63, 3.8) is 0 Å². The van der Waals surface area contributed by atoms with Gasteiger partial charge in [0.15, 0.2) is 0 Å². The molecular formula is C24H30N2O3S. The Kier molecular flexibility index (Phi) is 6.25. The van der Waals surface area contributed by atoms with E-state index < -0.39 is 5.97 Å². The van der Waals surface area contributed by atoms with Crippen molar-refractivity contribution in [1.29, 1.82) is 0 Å². The molecular weight excluding hydrogens is 396 g/mol. The Balaban J connectivity index is 1.63. The summed E-state index contributed by atoms with van der Waals surface area (Å²) in [6.07, 6.45) is 5.91. The molecule has 1 saturated carbocycles. The van der Waals surface area contributed by atoms with Crippen LogP contribution in [0.25, 0.3) is 10.4 Å². The summed E-state index contributed by atoms with van der Waals surface area (Å²) in [6, 6.07) is 11.5. The fourth-order valence-corrected chi connectivity index (χ4v) is 6.06. The zero-order valence-electron chi connectivity index (χ0n) is 17.4. The number of carbonyl (C=O) groups is 2. The van der Waals surface area contributed by atoms with Gasteiger partial charge >= 0.3 is 5.97 Å². The average molecular weight is 427 g/mol. The number of hydrogen-bond donors (Lipinski definition) is 3. The van der Waals surface area contributed by atoms with Gasteiger partial charge in [-0.15, -0.1) is 11.3 Å². The van der Waals surface area contributed by atoms with Gasteiger partial charge in [0.05, 0.1) is 11.1 Å². The Morgan fingerprint density at radius 2 is 1.77 bits per heavy atom. The Hall–Kier alpha value is -2.18. The third-order valence-corrected chi connectivity index (χ3v) is 8.14. The summed E-state index contributed by atoms with van der Waals surface area (Å²) >= 11 is 1.22. The summed E-state index contributed by atoms with van der Waals surface area (Å²) in [5.74, 6) is 0.0201. The number of anilines is 1. The van der Waals surface area contributed by atoms with Gasteiger partial charge in [0.1, 0.15) is 4.88 Å². The lowest BCUT2D eigenvalue weighted by Gasteiger charge is -2.45. The number of amides is 1. The van der Waals surface area contributed by atoms with Gasteiger partial charge in [0, 0.05) is 4.88 Å². The summed E-state index contributed by atoms with van der Waals surface area (Å²) < 4.78 is 0. The van der Waals surface area contributed by atoms with E-state index in [1.165, 1.54) is 11.3 Å². The number of benzene rings is 1. The van der Waals surface area contributed by atoms with Gasteiger partial charge in [0.2, 0.25) is 5.91 Å². The summed E-state index contributed by atoms with van der Waals surface area (Å²) in [5, 5.41) is 16.2. The van der Waals surface area contributed by atoms with E-state index in [4.69, 9.17) is 0 Å². The van der Waals surface area contributed by atoms with E-state index in [1.54, 1.807) is 0 Å². The standard InChI is InChI=1S/C24H30N2O3S/c1-16-7-11-24(12-8-16,18-9-13-25-14-10-18)23(29)26-19-15-20(30-21(19)22(27)28)17-5-3-2-4-6-17/h2-6,15-16,18,25H,7-14H2,1H3,(H,26,29)(H,27,28). The molecule has 0 unspecified atom stereocenters. The fourth-order valence-electron chi connectivity index (χ4n) is 5.11. The molecule has 2 fully saturated rings. The maximum absolute atomic E-state index is 13.7. The lowest BCUT2D eigenvalue weighted by atomic mass is 9.61. The van der Waals surface area contributed by atoms with Crippen molar-refractivity contribution >= 4 is 28.9 Å². The SMILES string of the molecule is CC1CCC(C(=O)Nc2cc(-c3ccccc3)sc2C(=O)O)(C2CCNCC2)CC1. The van der Waals surface area contributed by atoms with Crippen LogP contribution < -0.4 is 10.6 Å². The Bertz CT molecular complexity index is 894. The molecule has 2 heterocycles. The minimum absolute atomic E-state index is 0.0150. The molecule has 1 amide bonds. The quantitative estimate of drug-likeness (QED) is 0.610. The van der Waals surface area contributed by atoms with E-state index in [1.807, 2.05) is 36.4 Å². The van der Waals surface area contributed by atoms with Crippen LogP contribution in [-0.2, 0) is 4.79 Å². The van der Waals surface area contributed by atoms with Crippen molar-refractivity contribution in [2.75, 3.05) is 18.4 Å². The number of carboxylic acids is 1. The second-order valence-electron chi connectivity index (χ2n) is 8.84. The van der Waals surface area contributed by atoms with E-state index in [-0.39, 0.29) is 16.2 Å². The lowest BCUT2D eigenvalue weighted by Crippen LogP contribution is -2.48. The van der Waals surface area contributed by atoms with E-state index in [9.17, 15) is 14.7 Å². The largest absolute Gasteiger partial charge is 0.477 e. The molecule has 6 heteroatoms. The van der Waals surface area contributed by atoms with Crippen LogP contribution in [0, 0.1) is 17.3 Å². The molecule has 160 valence electrons. The lowest BCUT2D eigenvalue weighted by molar-refractivity contribution is -0.132. The number of aromatic carboxylic acids is 1. The van der Waals surface area contributed by atoms with Crippen LogP contribution in [0.3, 0.4) is 0 Å². The first kappa shape index (κ1) is 21.1. The summed E-state index contributed by atoms with van der Waals surface area (Å²) in [5.41, 5.74) is 1.01. The minimum atomic E-state index is -0.995. The molecule has 0 radical (unpaired) electrons. The zero-order chi connectivity index (χ0) is 21.1. The van der Waals surface area contributed by atoms with Crippen LogP contribution in [0.2, 0.25) is 0 Å². The molecule has 2 aromatic rings. The first-order valence-corrected chi connectivity index (χ1v) is 11.8. The van der Waals surface area contributed by atoms with Crippen LogP contribution >= 0.6 is 11.3 Å². The highest BCUT2D eigenvalue weighted by atomic mass is 32.1. The smallest absolute Gasteiger partial charge is 0.348 e. The first-order valence-electron chi connectivity index (χ1n) is 10.9. The molecule has 1 aliphatic carbocycles. The molecule has 3 N–H and O–H groups in total. The maximum atomic E-state index is 13.7. The molecule has 1 saturated heterocycles. The third-order valence-electron chi connectivity index (χ3n) is 6.97. The monoisotopic (exact) mass is 426 g/mol. The highest BCUT2D eigenvalue weighted by Crippen LogP contribution is 2.48. The van der Waals surface area contributed by atoms with Crippen molar-refractivity contribution in [3.8, 4) is 10.4 Å². The van der Waals surface area contributed by atoms with Crippen LogP contribution in [0.4, 0.5) is 5.69 Å². The first-order chi connectivity index (χ1) is 14.5. The number of thiophene rings is 1. The van der Waals surface area contributed by atoms with Crippen LogP contribution in [0.15, 0.2) is 36.4 Å². The van der Waals surface area contributed by atoms with Crippen molar-refractivity contribution in [1.82, 2.24) is 5.32 Å². The van der Waals surface area contributed by atoms with Gasteiger partial charge < -0.3 is 15.7 Å². The van der Waals surface area contributed by atoms with Gasteiger partial charge in [-0.3, -0.25) is 4.79 Å². The number of carboxylic acid groups (broad SMARTS) is 1. The molecule has 0 spiro atoms. The molecule has 0 atom stereocenters. The van der Waals surface area contributed by atoms with E-state index in [2.05, 4.69) is 17.6 Å². The Morgan fingerprint density at radius 1 is 1.10 bits per heavy atom. The van der Waals surface area contributed by atoms with Crippen LogP contribution in [-0.4, -0.2) is 30.1 Å². The van der Waals surface area contributed by atoms with Crippen LogP contribution in [0.5, 0.6) is 0 Å². The minimum Gasteiger partial charge on any atom is -0.477 e. The third kappa shape index (κ3) is 4.16. The number of carbonyl (C=O) groups excluding carboxylic acids is 1. The van der Waals surface area contributed by atoms with E-state index in [0.29, 0.717) is 17.5 Å². The summed E-state index contributed by atoms with van der Waals surface area (Å²) in [6.45, 7) is 4.16. The highest BCUT2D eigenvalue weighted by molar-refractivity contribution is 7.18. The highest BCUT2D eigenvalue weighted by Gasteiger charge is 2.47. The second kappa shape index (κ2) is 8.90. The normalized spacial score (nSPS) is 25.0. The van der Waals surface area contributed by atoms with Gasteiger partial charge in [-0.2, -0.15) is 0 Å². The number of nitrogens with one attached hydrogen (secondary N) is 2. The van der Waals surface area contributed by atoms with Gasteiger partial charge in [-0.05, 0) is 75.1 Å². The molecule has 1 aromatic heterocycles. The van der Waals surface area contributed by atoms with Crippen molar-refractivity contribution in [3.05, 3.63) is 41.3 Å². The second-order valence-corrected chi connectivity index (χ2v) is 9.89. The molecule has 2 aliphatic rings. The van der Waals surface area contributed by atoms with Crippen molar-refractivity contribution < 1.29 is 14.7 Å². The molecule has 0 bridgehead atoms.